The lowest BCUT2D eigenvalue weighted by Gasteiger charge is -1.97. The Morgan fingerprint density at radius 2 is 2.00 bits per heavy atom. The van der Waals surface area contributed by atoms with Gasteiger partial charge in [0.25, 0.3) is 0 Å². The number of hydrogen-bond acceptors (Lipinski definition) is 2. The van der Waals surface area contributed by atoms with Crippen molar-refractivity contribution >= 4 is 10.2 Å². The molecule has 0 aromatic carbocycles. The fraction of sp³-hybridized carbons (Fsp3) is 1.00. The first kappa shape index (κ1) is 7.98. The summed E-state index contributed by atoms with van der Waals surface area (Å²) in [7, 11) is -4.23. The molecule has 0 aliphatic heterocycles. The minimum atomic E-state index is -4.23. The summed E-state index contributed by atoms with van der Waals surface area (Å²) in [4.78, 5) is 0. The maximum atomic E-state index is 12.0. The van der Waals surface area contributed by atoms with Crippen LogP contribution in [0.4, 0.5) is 3.89 Å². The van der Waals surface area contributed by atoms with Crippen LogP contribution in [0.2, 0.25) is 0 Å². The lowest BCUT2D eigenvalue weighted by molar-refractivity contribution is 0.530. The molecule has 0 saturated heterocycles. The molecule has 1 fully saturated rings. The maximum Gasteiger partial charge on any atom is 0.302 e. The highest BCUT2D eigenvalue weighted by atomic mass is 32.3. The third-order valence-electron chi connectivity index (χ3n) is 2.12. The second-order valence-electron chi connectivity index (χ2n) is 3.60. The fourth-order valence-electron chi connectivity index (χ4n) is 1.10. The van der Waals surface area contributed by atoms with Crippen LogP contribution < -0.4 is 0 Å². The van der Waals surface area contributed by atoms with Crippen molar-refractivity contribution in [1.82, 2.24) is 0 Å². The van der Waals surface area contributed by atoms with Crippen LogP contribution in [0.25, 0.3) is 0 Å². The third-order valence-corrected chi connectivity index (χ3v) is 2.92. The van der Waals surface area contributed by atoms with Crippen molar-refractivity contribution in [2.45, 2.75) is 20.3 Å². The van der Waals surface area contributed by atoms with Gasteiger partial charge in [-0.1, -0.05) is 13.8 Å². The highest BCUT2D eigenvalue weighted by Gasteiger charge is 2.47. The highest BCUT2D eigenvalue weighted by molar-refractivity contribution is 7.86. The van der Waals surface area contributed by atoms with E-state index in [9.17, 15) is 12.3 Å². The van der Waals surface area contributed by atoms with Crippen molar-refractivity contribution < 1.29 is 12.3 Å². The smallest absolute Gasteiger partial charge is 0.195 e. The average molecular weight is 166 g/mol. The van der Waals surface area contributed by atoms with E-state index in [4.69, 9.17) is 0 Å². The summed E-state index contributed by atoms with van der Waals surface area (Å²) in [5.41, 5.74) is 0.0547. The van der Waals surface area contributed by atoms with Crippen molar-refractivity contribution in [1.29, 1.82) is 0 Å². The third kappa shape index (κ3) is 1.94. The van der Waals surface area contributed by atoms with Crippen molar-refractivity contribution in [2.24, 2.45) is 11.3 Å². The molecule has 0 aromatic rings. The zero-order valence-corrected chi connectivity index (χ0v) is 6.91. The van der Waals surface area contributed by atoms with Crippen LogP contribution in [-0.4, -0.2) is 14.2 Å². The number of halogens is 1. The Morgan fingerprint density at radius 1 is 1.60 bits per heavy atom. The molecular weight excluding hydrogens is 155 g/mol. The lowest BCUT2D eigenvalue weighted by atomic mass is 10.1. The van der Waals surface area contributed by atoms with Crippen LogP contribution in [0, 0.1) is 11.3 Å². The summed E-state index contributed by atoms with van der Waals surface area (Å²) in [6, 6.07) is 0. The predicted octanol–water partition coefficient (Wildman–Crippen LogP) is 1.33. The summed E-state index contributed by atoms with van der Waals surface area (Å²) >= 11 is 0. The molecule has 4 heteroatoms. The number of hydrogen-bond donors (Lipinski definition) is 0. The van der Waals surface area contributed by atoms with Crippen molar-refractivity contribution in [3.05, 3.63) is 0 Å². The molecule has 0 heterocycles. The minimum Gasteiger partial charge on any atom is -0.195 e. The van der Waals surface area contributed by atoms with Crippen LogP contribution >= 0.6 is 0 Å². The summed E-state index contributed by atoms with van der Waals surface area (Å²) < 4.78 is 32.2. The molecule has 0 spiro atoms. The Balaban J connectivity index is 2.46. The van der Waals surface area contributed by atoms with E-state index in [1.807, 2.05) is 13.8 Å². The molecule has 0 radical (unpaired) electrons. The minimum absolute atomic E-state index is 0.0440. The summed E-state index contributed by atoms with van der Waals surface area (Å²) in [5, 5.41) is 0. The van der Waals surface area contributed by atoms with Crippen LogP contribution in [0.3, 0.4) is 0 Å². The summed E-state index contributed by atoms with van der Waals surface area (Å²) in [6.07, 6.45) is 0.830. The Hall–Kier alpha value is -0.120. The number of rotatable bonds is 2. The van der Waals surface area contributed by atoms with Crippen LogP contribution in [0.15, 0.2) is 0 Å². The Bertz CT molecular complexity index is 230. The molecule has 0 bridgehead atoms. The lowest BCUT2D eigenvalue weighted by Crippen LogP contribution is -2.04. The van der Waals surface area contributed by atoms with Gasteiger partial charge in [0.05, 0.1) is 5.75 Å². The average Bonchev–Trinajstić information content (AvgIpc) is 2.05. The molecule has 1 unspecified atom stereocenters. The predicted molar refractivity (Wildman–Crippen MR) is 36.8 cm³/mol. The molecule has 60 valence electrons. The van der Waals surface area contributed by atoms with Crippen LogP contribution in [0.5, 0.6) is 0 Å². The molecule has 0 amide bonds. The molecule has 1 aliphatic rings. The SMILES string of the molecule is CC1(C)CC1CS(=O)(=O)F. The highest BCUT2D eigenvalue weighted by Crippen LogP contribution is 2.52. The first-order valence-corrected chi connectivity index (χ1v) is 4.79. The molecule has 1 rings (SSSR count). The molecule has 2 nitrogen and oxygen atoms in total. The fourth-order valence-corrected chi connectivity index (χ4v) is 2.15. The second kappa shape index (κ2) is 1.94. The van der Waals surface area contributed by atoms with E-state index in [0.717, 1.165) is 6.42 Å². The van der Waals surface area contributed by atoms with Gasteiger partial charge in [-0.2, -0.15) is 8.42 Å². The van der Waals surface area contributed by atoms with Crippen LogP contribution in [-0.2, 0) is 10.2 Å². The monoisotopic (exact) mass is 166 g/mol. The van der Waals surface area contributed by atoms with E-state index in [0.29, 0.717) is 0 Å². The quantitative estimate of drug-likeness (QED) is 0.580. The topological polar surface area (TPSA) is 34.1 Å². The molecule has 1 aliphatic carbocycles. The summed E-state index contributed by atoms with van der Waals surface area (Å²) in [5.74, 6) is -0.248. The van der Waals surface area contributed by atoms with Gasteiger partial charge in [0, 0.05) is 0 Å². The second-order valence-corrected chi connectivity index (χ2v) is 5.01. The van der Waals surface area contributed by atoms with Gasteiger partial charge in [0.15, 0.2) is 0 Å². The van der Waals surface area contributed by atoms with Crippen molar-refractivity contribution in [3.8, 4) is 0 Å². The molecule has 10 heavy (non-hydrogen) atoms. The van der Waals surface area contributed by atoms with Gasteiger partial charge in [0.1, 0.15) is 0 Å². The van der Waals surface area contributed by atoms with Crippen LogP contribution in [0.1, 0.15) is 20.3 Å². The molecule has 0 aromatic heterocycles. The Morgan fingerprint density at radius 3 is 2.10 bits per heavy atom. The molecule has 1 saturated carbocycles. The van der Waals surface area contributed by atoms with E-state index < -0.39 is 10.2 Å². The van der Waals surface area contributed by atoms with E-state index >= 15 is 0 Å². The molecule has 1 atom stereocenters. The largest absolute Gasteiger partial charge is 0.302 e. The Labute approximate surface area is 60.6 Å². The van der Waals surface area contributed by atoms with E-state index in [2.05, 4.69) is 0 Å². The molecule has 0 N–H and O–H groups in total. The van der Waals surface area contributed by atoms with E-state index in [-0.39, 0.29) is 17.1 Å². The summed E-state index contributed by atoms with van der Waals surface area (Å²) in [6.45, 7) is 3.89. The zero-order valence-electron chi connectivity index (χ0n) is 6.09. The van der Waals surface area contributed by atoms with E-state index in [1.54, 1.807) is 0 Å². The van der Waals surface area contributed by atoms with Gasteiger partial charge < -0.3 is 0 Å². The standard InChI is InChI=1S/C6H11FO2S/c1-6(2)3-5(6)4-10(7,8)9/h5H,3-4H2,1-2H3. The first-order valence-electron chi connectivity index (χ1n) is 3.24. The van der Waals surface area contributed by atoms with Gasteiger partial charge in [-0.05, 0) is 17.8 Å². The maximum absolute atomic E-state index is 12.0. The van der Waals surface area contributed by atoms with E-state index in [1.165, 1.54) is 0 Å². The first-order chi connectivity index (χ1) is 4.31. The zero-order chi connectivity index (χ0) is 7.99. The normalized spacial score (nSPS) is 30.1. The van der Waals surface area contributed by atoms with Gasteiger partial charge in [-0.15, -0.1) is 3.89 Å². The van der Waals surface area contributed by atoms with Gasteiger partial charge in [-0.25, -0.2) is 0 Å². The van der Waals surface area contributed by atoms with Gasteiger partial charge in [0.2, 0.25) is 0 Å². The van der Waals surface area contributed by atoms with Gasteiger partial charge >= 0.3 is 10.2 Å². The van der Waals surface area contributed by atoms with Crippen molar-refractivity contribution in [3.63, 3.8) is 0 Å². The Kier molecular flexibility index (Phi) is 1.54. The van der Waals surface area contributed by atoms with Gasteiger partial charge in [-0.3, -0.25) is 0 Å². The van der Waals surface area contributed by atoms with Crippen molar-refractivity contribution in [2.75, 3.05) is 5.75 Å². The molecular formula is C6H11FO2S.